The molecular formula is C17H15ClF3NO4S. The highest BCUT2D eigenvalue weighted by Gasteiger charge is 2.38. The van der Waals surface area contributed by atoms with E-state index >= 15 is 0 Å². The molecule has 146 valence electrons. The van der Waals surface area contributed by atoms with Crippen LogP contribution in [0.15, 0.2) is 53.4 Å². The van der Waals surface area contributed by atoms with Crippen LogP contribution in [0.2, 0.25) is 5.02 Å². The second kappa shape index (κ2) is 7.49. The monoisotopic (exact) mass is 421 g/mol. The average molecular weight is 422 g/mol. The molecule has 2 aromatic carbocycles. The molecule has 0 aliphatic rings. The van der Waals surface area contributed by atoms with Crippen LogP contribution >= 0.6 is 11.6 Å². The summed E-state index contributed by atoms with van der Waals surface area (Å²) in [5, 5.41) is 13.0. The molecule has 0 aromatic heterocycles. The summed E-state index contributed by atoms with van der Waals surface area (Å²) in [5.74, 6) is -2.12. The molecule has 0 fully saturated rings. The molecule has 0 saturated carbocycles. The SMILES string of the molecule is CC(O)(CS(=O)(=O)c1cccc(C(F)(F)F)c1)C(=O)Nc1ccc(Cl)cc1. The van der Waals surface area contributed by atoms with Gasteiger partial charge >= 0.3 is 6.18 Å². The van der Waals surface area contributed by atoms with E-state index in [1.165, 1.54) is 24.3 Å². The van der Waals surface area contributed by atoms with E-state index in [1.54, 1.807) is 0 Å². The molecule has 5 nitrogen and oxygen atoms in total. The van der Waals surface area contributed by atoms with E-state index in [-0.39, 0.29) is 5.69 Å². The van der Waals surface area contributed by atoms with Crippen molar-refractivity contribution in [3.05, 3.63) is 59.1 Å². The summed E-state index contributed by atoms with van der Waals surface area (Å²) >= 11 is 5.72. The molecule has 0 bridgehead atoms. The van der Waals surface area contributed by atoms with Gasteiger partial charge in [-0.05, 0) is 49.4 Å². The highest BCUT2D eigenvalue weighted by Crippen LogP contribution is 2.31. The molecule has 0 spiro atoms. The number of aliphatic hydroxyl groups is 1. The first-order valence-corrected chi connectivity index (χ1v) is 9.54. The molecular weight excluding hydrogens is 407 g/mol. The number of carbonyl (C=O) groups is 1. The van der Waals surface area contributed by atoms with E-state index in [2.05, 4.69) is 5.32 Å². The van der Waals surface area contributed by atoms with E-state index in [0.717, 1.165) is 25.1 Å². The zero-order chi connectivity index (χ0) is 20.5. The smallest absolute Gasteiger partial charge is 0.379 e. The van der Waals surface area contributed by atoms with E-state index in [0.29, 0.717) is 11.1 Å². The minimum absolute atomic E-state index is 0.265. The summed E-state index contributed by atoms with van der Waals surface area (Å²) in [4.78, 5) is 11.6. The van der Waals surface area contributed by atoms with Gasteiger partial charge in [-0.2, -0.15) is 13.2 Å². The third kappa shape index (κ3) is 5.44. The van der Waals surface area contributed by atoms with Gasteiger partial charge in [0, 0.05) is 10.7 Å². The van der Waals surface area contributed by atoms with Crippen LogP contribution in [0.4, 0.5) is 18.9 Å². The molecule has 0 saturated heterocycles. The van der Waals surface area contributed by atoms with Gasteiger partial charge < -0.3 is 10.4 Å². The Morgan fingerprint density at radius 1 is 1.15 bits per heavy atom. The van der Waals surface area contributed by atoms with Crippen molar-refractivity contribution in [3.8, 4) is 0 Å². The first-order chi connectivity index (χ1) is 12.3. The van der Waals surface area contributed by atoms with Gasteiger partial charge in [0.1, 0.15) is 0 Å². The molecule has 1 amide bonds. The van der Waals surface area contributed by atoms with Crippen molar-refractivity contribution in [3.63, 3.8) is 0 Å². The number of alkyl halides is 3. The number of rotatable bonds is 5. The van der Waals surface area contributed by atoms with E-state index < -0.39 is 43.7 Å². The van der Waals surface area contributed by atoms with Crippen molar-refractivity contribution in [2.45, 2.75) is 23.6 Å². The number of benzene rings is 2. The van der Waals surface area contributed by atoms with Crippen LogP contribution in [0, 0.1) is 0 Å². The normalized spacial score (nSPS) is 14.4. The lowest BCUT2D eigenvalue weighted by Gasteiger charge is -2.22. The number of hydrogen-bond donors (Lipinski definition) is 2. The van der Waals surface area contributed by atoms with Gasteiger partial charge in [0.15, 0.2) is 15.4 Å². The minimum atomic E-state index is -4.72. The number of carbonyl (C=O) groups excluding carboxylic acids is 1. The standard InChI is InChI=1S/C17H15ClF3NO4S/c1-16(24,15(23)22-13-7-5-12(18)6-8-13)10-27(25,26)14-4-2-3-11(9-14)17(19,20)21/h2-9,24H,10H2,1H3,(H,22,23). The van der Waals surface area contributed by atoms with Crippen LogP contribution in [-0.2, 0) is 20.8 Å². The molecule has 2 N–H and O–H groups in total. The molecule has 1 unspecified atom stereocenters. The highest BCUT2D eigenvalue weighted by molar-refractivity contribution is 7.91. The van der Waals surface area contributed by atoms with Crippen LogP contribution in [0.3, 0.4) is 0 Å². The molecule has 27 heavy (non-hydrogen) atoms. The quantitative estimate of drug-likeness (QED) is 0.773. The maximum Gasteiger partial charge on any atom is 0.416 e. The number of hydrogen-bond acceptors (Lipinski definition) is 4. The third-order valence-corrected chi connectivity index (χ3v) is 5.75. The van der Waals surface area contributed by atoms with Crippen LogP contribution in [0.25, 0.3) is 0 Å². The molecule has 0 radical (unpaired) electrons. The Morgan fingerprint density at radius 3 is 2.30 bits per heavy atom. The fraction of sp³-hybridized carbons (Fsp3) is 0.235. The number of nitrogens with one attached hydrogen (secondary N) is 1. The van der Waals surface area contributed by atoms with E-state index in [9.17, 15) is 31.5 Å². The van der Waals surface area contributed by atoms with E-state index in [4.69, 9.17) is 11.6 Å². The van der Waals surface area contributed by atoms with Crippen LogP contribution < -0.4 is 5.32 Å². The first-order valence-electron chi connectivity index (χ1n) is 7.51. The molecule has 10 heteroatoms. The van der Waals surface area contributed by atoms with Crippen LogP contribution in [0.5, 0.6) is 0 Å². The molecule has 0 aliphatic heterocycles. The molecule has 2 aromatic rings. The summed E-state index contributed by atoms with van der Waals surface area (Å²) in [6, 6.07) is 8.94. The van der Waals surface area contributed by atoms with Gasteiger partial charge in [-0.15, -0.1) is 0 Å². The molecule has 1 atom stereocenters. The summed E-state index contributed by atoms with van der Waals surface area (Å²) in [5.41, 5.74) is -3.26. The lowest BCUT2D eigenvalue weighted by molar-refractivity contribution is -0.137. The predicted octanol–water partition coefficient (Wildman–Crippen LogP) is 3.52. The van der Waals surface area contributed by atoms with Gasteiger partial charge in [0.05, 0.1) is 16.2 Å². The van der Waals surface area contributed by atoms with Gasteiger partial charge in [-0.1, -0.05) is 17.7 Å². The van der Waals surface area contributed by atoms with E-state index in [1.807, 2.05) is 0 Å². The second-order valence-electron chi connectivity index (χ2n) is 6.02. The zero-order valence-corrected chi connectivity index (χ0v) is 15.5. The van der Waals surface area contributed by atoms with Crippen molar-refractivity contribution in [1.82, 2.24) is 0 Å². The fourth-order valence-electron chi connectivity index (χ4n) is 2.18. The van der Waals surface area contributed by atoms with Crippen molar-refractivity contribution in [1.29, 1.82) is 0 Å². The summed E-state index contributed by atoms with van der Waals surface area (Å²) < 4.78 is 63.1. The van der Waals surface area contributed by atoms with Crippen molar-refractivity contribution < 1.29 is 31.5 Å². The summed E-state index contributed by atoms with van der Waals surface area (Å²) in [6.45, 7) is 0.962. The maximum atomic E-state index is 12.8. The van der Waals surface area contributed by atoms with Crippen molar-refractivity contribution >= 4 is 33.0 Å². The Kier molecular flexibility index (Phi) is 5.88. The van der Waals surface area contributed by atoms with Gasteiger partial charge in [0.25, 0.3) is 5.91 Å². The van der Waals surface area contributed by atoms with Gasteiger partial charge in [-0.3, -0.25) is 4.79 Å². The highest BCUT2D eigenvalue weighted by atomic mass is 35.5. The minimum Gasteiger partial charge on any atom is -0.379 e. The Morgan fingerprint density at radius 2 is 1.74 bits per heavy atom. The molecule has 2 rings (SSSR count). The zero-order valence-electron chi connectivity index (χ0n) is 13.9. The third-order valence-electron chi connectivity index (χ3n) is 3.58. The predicted molar refractivity (Wildman–Crippen MR) is 94.2 cm³/mol. The number of amides is 1. The Hall–Kier alpha value is -2.10. The lowest BCUT2D eigenvalue weighted by Crippen LogP contribution is -2.45. The Labute approximate surface area is 158 Å². The first kappa shape index (κ1) is 21.2. The summed E-state index contributed by atoms with van der Waals surface area (Å²) in [6.07, 6.45) is -4.72. The Bertz CT molecular complexity index is 941. The lowest BCUT2D eigenvalue weighted by atomic mass is 10.1. The van der Waals surface area contributed by atoms with Gasteiger partial charge in [0.2, 0.25) is 0 Å². The number of anilines is 1. The summed E-state index contributed by atoms with van der Waals surface area (Å²) in [7, 11) is -4.38. The van der Waals surface area contributed by atoms with Crippen molar-refractivity contribution in [2.75, 3.05) is 11.1 Å². The maximum absolute atomic E-state index is 12.8. The second-order valence-corrected chi connectivity index (χ2v) is 8.45. The topological polar surface area (TPSA) is 83.5 Å². The van der Waals surface area contributed by atoms with Crippen molar-refractivity contribution in [2.24, 2.45) is 0 Å². The van der Waals surface area contributed by atoms with Crippen LogP contribution in [0.1, 0.15) is 12.5 Å². The number of halogens is 4. The largest absolute Gasteiger partial charge is 0.416 e. The average Bonchev–Trinajstić information content (AvgIpc) is 2.55. The fourth-order valence-corrected chi connectivity index (χ4v) is 3.94. The molecule has 0 aliphatic carbocycles. The molecule has 0 heterocycles. The number of sulfone groups is 1. The Balaban J connectivity index is 2.22. The van der Waals surface area contributed by atoms with Gasteiger partial charge in [-0.25, -0.2) is 8.42 Å². The van der Waals surface area contributed by atoms with Crippen LogP contribution in [-0.4, -0.2) is 30.8 Å².